The molecule has 600 valence electrons. The summed E-state index contributed by atoms with van der Waals surface area (Å²) < 4.78 is 19.4. The molecule has 0 bridgehead atoms. The van der Waals surface area contributed by atoms with Crippen LogP contribution in [0.5, 0.6) is 0 Å². The monoisotopic (exact) mass is 1640 g/mol. The van der Waals surface area contributed by atoms with Crippen molar-refractivity contribution < 1.29 is 13.3 Å². The standard InChI is InChI=1S/3C42H26O/c1-2-12-28(13-3-1)31-21-11-23-37-38-26-29(24-25-39(38)43-42(31)37)40-33-17-6-8-19-35(33)41(36-20-9-7-18-34(36)40)32-22-10-15-27-14-4-5-16-30(27)32;1-2-13-28(14-3-1)37-25-29(26-38-31-18-10-11-24-39(31)43-42(37)38)40-33-19-6-8-21-35(33)41(36-22-9-7-20-34(36)40)32-23-12-16-27-15-4-5-17-30(27)32;1-2-13-28(14-3-1)36-26-40-37(30-18-10-11-24-39(30)43-40)25-38(36)42-34-21-8-6-19-32(34)41(33-20-7-9-22-35(33)42)31-23-12-16-27-15-4-5-17-29(27)31/h3*1-26H. The van der Waals surface area contributed by atoms with Crippen LogP contribution in [0.2, 0.25) is 0 Å². The molecule has 0 N–H and O–H groups in total. The average Bonchev–Trinajstić information content (AvgIpc) is 1.62. The Morgan fingerprint density at radius 3 is 0.822 bits per heavy atom. The van der Waals surface area contributed by atoms with Gasteiger partial charge in [-0.25, -0.2) is 0 Å². The smallest absolute Gasteiger partial charge is 0.143 e. The molecule has 129 heavy (non-hydrogen) atoms. The fourth-order valence-electron chi connectivity index (χ4n) is 20.9. The molecule has 0 aliphatic heterocycles. The zero-order chi connectivity index (χ0) is 85.0. The summed E-state index contributed by atoms with van der Waals surface area (Å²) in [6, 6.07) is 170. The van der Waals surface area contributed by atoms with Crippen LogP contribution in [0.25, 0.3) is 263 Å². The van der Waals surface area contributed by atoms with Crippen LogP contribution >= 0.6 is 0 Å². The molecule has 0 saturated heterocycles. The van der Waals surface area contributed by atoms with E-state index < -0.39 is 0 Å². The number of hydrogen-bond acceptors (Lipinski definition) is 3. The number of furan rings is 3. The Morgan fingerprint density at radius 1 is 0.109 bits per heavy atom. The van der Waals surface area contributed by atoms with Crippen LogP contribution in [-0.4, -0.2) is 0 Å². The van der Waals surface area contributed by atoms with Gasteiger partial charge in [-0.2, -0.15) is 0 Å². The minimum atomic E-state index is 0.906. The van der Waals surface area contributed by atoms with E-state index in [-0.39, 0.29) is 0 Å². The molecule has 0 fully saturated rings. The molecular weight excluding hydrogens is 1560 g/mol. The summed E-state index contributed by atoms with van der Waals surface area (Å²) in [6.45, 7) is 0. The number of fused-ring (bicyclic) bond motifs is 18. The van der Waals surface area contributed by atoms with Crippen molar-refractivity contribution >= 4 is 163 Å². The predicted molar refractivity (Wildman–Crippen MR) is 548 cm³/mol. The van der Waals surface area contributed by atoms with E-state index in [0.717, 1.165) is 88.1 Å². The summed E-state index contributed by atoms with van der Waals surface area (Å²) in [7, 11) is 0. The van der Waals surface area contributed by atoms with E-state index >= 15 is 0 Å². The van der Waals surface area contributed by atoms with Gasteiger partial charge < -0.3 is 13.3 Å². The molecule has 0 radical (unpaired) electrons. The zero-order valence-corrected chi connectivity index (χ0v) is 70.3. The lowest BCUT2D eigenvalue weighted by Gasteiger charge is -2.20. The lowest BCUT2D eigenvalue weighted by molar-refractivity contribution is 0.669. The minimum Gasteiger partial charge on any atom is -0.456 e. The second kappa shape index (κ2) is 31.1. The van der Waals surface area contributed by atoms with E-state index in [4.69, 9.17) is 13.3 Å². The summed E-state index contributed by atoms with van der Waals surface area (Å²) in [6.07, 6.45) is 0. The highest BCUT2D eigenvalue weighted by Gasteiger charge is 2.27. The van der Waals surface area contributed by atoms with Crippen LogP contribution in [0, 0.1) is 0 Å². The average molecular weight is 1640 g/mol. The predicted octanol–water partition coefficient (Wildman–Crippen LogP) is 36.1. The van der Waals surface area contributed by atoms with Crippen LogP contribution in [0.15, 0.2) is 486 Å². The molecule has 0 aliphatic rings. The van der Waals surface area contributed by atoms with Crippen molar-refractivity contribution in [3.63, 3.8) is 0 Å². The van der Waals surface area contributed by atoms with Crippen molar-refractivity contribution in [1.29, 1.82) is 0 Å². The molecule has 0 amide bonds. The van der Waals surface area contributed by atoms with Crippen LogP contribution in [-0.2, 0) is 0 Å². The summed E-state index contributed by atoms with van der Waals surface area (Å²) in [5, 5.41) is 29.4. The van der Waals surface area contributed by atoms with Gasteiger partial charge in [-0.1, -0.05) is 425 Å². The van der Waals surface area contributed by atoms with Crippen LogP contribution < -0.4 is 0 Å². The van der Waals surface area contributed by atoms with Gasteiger partial charge in [0.1, 0.15) is 33.5 Å². The normalized spacial score (nSPS) is 11.7. The first-order valence-electron chi connectivity index (χ1n) is 44.3. The number of rotatable bonds is 9. The second-order valence-electron chi connectivity index (χ2n) is 33.7. The molecule has 0 spiro atoms. The first kappa shape index (κ1) is 74.6. The highest BCUT2D eigenvalue weighted by Crippen LogP contribution is 2.53. The highest BCUT2D eigenvalue weighted by atomic mass is 16.3. The quantitative estimate of drug-likeness (QED) is 0.135. The van der Waals surface area contributed by atoms with Crippen LogP contribution in [0.1, 0.15) is 0 Å². The Labute approximate surface area is 744 Å². The SMILES string of the molecule is c1ccc(-c2cc(-c3c4ccccc4c(-c4cccc5ccccc45)c4ccccc34)cc3c2oc2ccccc23)cc1.c1ccc(-c2cc3oc4ccccc4c3cc2-c2c3ccccc3c(-c3cccc4ccccc34)c3ccccc23)cc1.c1ccc(-c2cccc3c2oc2ccc(-c4c5ccccc5c(-c5cccc6ccccc56)c5ccccc45)cc23)cc1. The minimum absolute atomic E-state index is 0.906. The van der Waals surface area contributed by atoms with E-state index in [0.29, 0.717) is 0 Å². The van der Waals surface area contributed by atoms with Crippen molar-refractivity contribution in [1.82, 2.24) is 0 Å². The molecule has 0 unspecified atom stereocenters. The van der Waals surface area contributed by atoms with Crippen molar-refractivity contribution in [3.05, 3.63) is 473 Å². The molecular formula is C126H78O3. The lowest BCUT2D eigenvalue weighted by atomic mass is 9.82. The third-order valence-corrected chi connectivity index (χ3v) is 26.6. The summed E-state index contributed by atoms with van der Waals surface area (Å²) >= 11 is 0. The van der Waals surface area contributed by atoms with Crippen molar-refractivity contribution in [2.24, 2.45) is 0 Å². The van der Waals surface area contributed by atoms with Gasteiger partial charge in [-0.05, 0) is 234 Å². The number of para-hydroxylation sites is 3. The van der Waals surface area contributed by atoms with Gasteiger partial charge in [0.05, 0.1) is 0 Å². The van der Waals surface area contributed by atoms with Gasteiger partial charge in [0.2, 0.25) is 0 Å². The van der Waals surface area contributed by atoms with E-state index in [9.17, 15) is 0 Å². The Hall–Kier alpha value is -17.0. The molecule has 3 heterocycles. The molecule has 0 saturated carbocycles. The van der Waals surface area contributed by atoms with Crippen molar-refractivity contribution in [2.75, 3.05) is 0 Å². The van der Waals surface area contributed by atoms with E-state index in [1.165, 1.54) is 175 Å². The van der Waals surface area contributed by atoms with Gasteiger partial charge in [-0.3, -0.25) is 0 Å². The molecule has 0 atom stereocenters. The molecule has 24 aromatic carbocycles. The Balaban J connectivity index is 0.000000105. The molecule has 3 aromatic heterocycles. The van der Waals surface area contributed by atoms with Gasteiger partial charge in [0.15, 0.2) is 0 Å². The molecule has 0 aliphatic carbocycles. The van der Waals surface area contributed by atoms with Crippen LogP contribution in [0.4, 0.5) is 0 Å². The van der Waals surface area contributed by atoms with Gasteiger partial charge >= 0.3 is 0 Å². The van der Waals surface area contributed by atoms with Crippen LogP contribution in [0.3, 0.4) is 0 Å². The molecule has 3 heteroatoms. The number of benzene rings is 24. The third-order valence-electron chi connectivity index (χ3n) is 26.6. The van der Waals surface area contributed by atoms with Gasteiger partial charge in [0, 0.05) is 43.4 Å². The topological polar surface area (TPSA) is 39.4 Å². The van der Waals surface area contributed by atoms with E-state index in [1.54, 1.807) is 0 Å². The summed E-state index contributed by atoms with van der Waals surface area (Å²) in [5.74, 6) is 0. The van der Waals surface area contributed by atoms with Gasteiger partial charge in [0.25, 0.3) is 0 Å². The molecule has 3 nitrogen and oxygen atoms in total. The first-order chi connectivity index (χ1) is 64.0. The zero-order valence-electron chi connectivity index (χ0n) is 70.3. The van der Waals surface area contributed by atoms with E-state index in [2.05, 4.69) is 461 Å². The number of hydrogen-bond donors (Lipinski definition) is 0. The first-order valence-corrected chi connectivity index (χ1v) is 44.3. The fourth-order valence-corrected chi connectivity index (χ4v) is 20.9. The van der Waals surface area contributed by atoms with E-state index in [1.807, 2.05) is 12.1 Å². The summed E-state index contributed by atoms with van der Waals surface area (Å²) in [4.78, 5) is 0. The Kier molecular flexibility index (Phi) is 18.0. The second-order valence-corrected chi connectivity index (χ2v) is 33.7. The maximum absolute atomic E-state index is 6.52. The Morgan fingerprint density at radius 2 is 0.388 bits per heavy atom. The molecule has 27 aromatic rings. The largest absolute Gasteiger partial charge is 0.456 e. The maximum atomic E-state index is 6.52. The van der Waals surface area contributed by atoms with Gasteiger partial charge in [-0.15, -0.1) is 0 Å². The summed E-state index contributed by atoms with van der Waals surface area (Å²) in [5.41, 5.74) is 27.4. The van der Waals surface area contributed by atoms with Crippen molar-refractivity contribution in [2.45, 2.75) is 0 Å². The maximum Gasteiger partial charge on any atom is 0.143 e. The fraction of sp³-hybridized carbons (Fsp3) is 0. The van der Waals surface area contributed by atoms with Crippen molar-refractivity contribution in [3.8, 4) is 100 Å². The molecule has 27 rings (SSSR count). The lowest BCUT2D eigenvalue weighted by Crippen LogP contribution is -1.93. The third kappa shape index (κ3) is 12.5. The Bertz CT molecular complexity index is 9000. The highest BCUT2D eigenvalue weighted by molar-refractivity contribution is 6.29.